The molecule has 96 valence electrons. The average Bonchev–Trinajstić information content (AvgIpc) is 2.14. The van der Waals surface area contributed by atoms with Gasteiger partial charge < -0.3 is 0 Å². The van der Waals surface area contributed by atoms with Crippen LogP contribution in [0.5, 0.6) is 0 Å². The molecule has 16 heavy (non-hydrogen) atoms. The summed E-state index contributed by atoms with van der Waals surface area (Å²) in [7, 11) is 0. The van der Waals surface area contributed by atoms with Crippen LogP contribution in [0.3, 0.4) is 0 Å². The Labute approximate surface area is 99.1 Å². The van der Waals surface area contributed by atoms with Gasteiger partial charge in [-0.1, -0.05) is 34.6 Å². The van der Waals surface area contributed by atoms with Crippen LogP contribution in [0.1, 0.15) is 54.4 Å². The van der Waals surface area contributed by atoms with Crippen molar-refractivity contribution >= 4 is 0 Å². The van der Waals surface area contributed by atoms with Crippen molar-refractivity contribution in [3.05, 3.63) is 11.4 Å². The van der Waals surface area contributed by atoms with Crippen LogP contribution >= 0.6 is 0 Å². The van der Waals surface area contributed by atoms with Crippen molar-refractivity contribution in [3.63, 3.8) is 0 Å². The summed E-state index contributed by atoms with van der Waals surface area (Å²) < 4.78 is 27.4. The Morgan fingerprint density at radius 3 is 1.94 bits per heavy atom. The summed E-state index contributed by atoms with van der Waals surface area (Å²) in [5.41, 5.74) is 0.293. The maximum absolute atomic E-state index is 13.8. The lowest BCUT2D eigenvalue weighted by molar-refractivity contribution is 0.269. The molecule has 0 nitrogen and oxygen atoms in total. The van der Waals surface area contributed by atoms with Crippen LogP contribution in [-0.4, -0.2) is 6.17 Å². The Morgan fingerprint density at radius 2 is 1.56 bits per heavy atom. The van der Waals surface area contributed by atoms with Crippen LogP contribution < -0.4 is 0 Å². The third-order valence-electron chi connectivity index (χ3n) is 3.20. The highest BCUT2D eigenvalue weighted by Gasteiger charge is 2.19. The van der Waals surface area contributed by atoms with Crippen molar-refractivity contribution in [1.29, 1.82) is 0 Å². The van der Waals surface area contributed by atoms with Crippen LogP contribution in [0.2, 0.25) is 0 Å². The first kappa shape index (κ1) is 15.6. The molecule has 0 bridgehead atoms. The molecule has 0 N–H and O–H groups in total. The standard InChI is InChI=1S/C14H26F2/c1-9(2)7-13(15)12(6)14(16)8-11(5)10(3)4/h9-11,14H,7-8H2,1-6H3/b13-12+/t11?,14-/m0/s1. The van der Waals surface area contributed by atoms with E-state index in [-0.39, 0.29) is 17.7 Å². The van der Waals surface area contributed by atoms with Gasteiger partial charge in [0, 0.05) is 6.42 Å². The molecule has 0 rings (SSSR count). The number of halogens is 2. The minimum absolute atomic E-state index is 0.240. The van der Waals surface area contributed by atoms with Gasteiger partial charge in [0.15, 0.2) is 0 Å². The zero-order valence-electron chi connectivity index (χ0n) is 11.5. The van der Waals surface area contributed by atoms with Gasteiger partial charge >= 0.3 is 0 Å². The zero-order valence-corrected chi connectivity index (χ0v) is 11.5. The summed E-state index contributed by atoms with van der Waals surface area (Å²) in [5, 5.41) is 0. The molecule has 0 amide bonds. The highest BCUT2D eigenvalue weighted by Crippen LogP contribution is 2.26. The van der Waals surface area contributed by atoms with E-state index in [0.29, 0.717) is 24.3 Å². The van der Waals surface area contributed by atoms with Gasteiger partial charge in [0.25, 0.3) is 0 Å². The van der Waals surface area contributed by atoms with E-state index in [1.807, 2.05) is 20.8 Å². The molecule has 0 saturated heterocycles. The molecule has 0 radical (unpaired) electrons. The highest BCUT2D eigenvalue weighted by atomic mass is 19.1. The Kier molecular flexibility index (Phi) is 6.85. The second kappa shape index (κ2) is 7.03. The summed E-state index contributed by atoms with van der Waals surface area (Å²) in [6, 6.07) is 0. The van der Waals surface area contributed by atoms with Gasteiger partial charge in [-0.2, -0.15) is 0 Å². The monoisotopic (exact) mass is 232 g/mol. The van der Waals surface area contributed by atoms with Gasteiger partial charge in [0.2, 0.25) is 0 Å². The first-order valence-corrected chi connectivity index (χ1v) is 6.24. The van der Waals surface area contributed by atoms with Gasteiger partial charge in [0.1, 0.15) is 12.0 Å². The van der Waals surface area contributed by atoms with E-state index in [1.54, 1.807) is 6.92 Å². The number of hydrogen-bond acceptors (Lipinski definition) is 0. The minimum atomic E-state index is -1.13. The van der Waals surface area contributed by atoms with Crippen LogP contribution in [0.4, 0.5) is 8.78 Å². The van der Waals surface area contributed by atoms with E-state index in [0.717, 1.165) is 0 Å². The lowest BCUT2D eigenvalue weighted by atomic mass is 9.90. The Hall–Kier alpha value is -0.400. The molecule has 0 saturated carbocycles. The third kappa shape index (κ3) is 5.62. The van der Waals surface area contributed by atoms with E-state index in [2.05, 4.69) is 13.8 Å². The van der Waals surface area contributed by atoms with Crippen molar-refractivity contribution in [2.75, 3.05) is 0 Å². The molecular formula is C14H26F2. The van der Waals surface area contributed by atoms with Crippen molar-refractivity contribution in [3.8, 4) is 0 Å². The Bertz CT molecular complexity index is 229. The van der Waals surface area contributed by atoms with Gasteiger partial charge in [-0.25, -0.2) is 8.78 Å². The van der Waals surface area contributed by atoms with Crippen molar-refractivity contribution < 1.29 is 8.78 Å². The molecule has 0 aromatic carbocycles. The highest BCUT2D eigenvalue weighted by molar-refractivity contribution is 5.10. The summed E-state index contributed by atoms with van der Waals surface area (Å²) in [5.74, 6) is 0.708. The molecule has 0 heterocycles. The lowest BCUT2D eigenvalue weighted by Crippen LogP contribution is -2.14. The van der Waals surface area contributed by atoms with E-state index in [1.165, 1.54) is 0 Å². The summed E-state index contributed by atoms with van der Waals surface area (Å²) in [6.07, 6.45) is -0.353. The molecule has 0 aliphatic carbocycles. The first-order valence-electron chi connectivity index (χ1n) is 6.24. The number of rotatable bonds is 6. The van der Waals surface area contributed by atoms with Crippen molar-refractivity contribution in [1.82, 2.24) is 0 Å². The Morgan fingerprint density at radius 1 is 1.06 bits per heavy atom. The molecule has 0 aliphatic rings. The Balaban J connectivity index is 4.41. The summed E-state index contributed by atoms with van der Waals surface area (Å²) in [6.45, 7) is 11.6. The molecule has 0 aromatic rings. The van der Waals surface area contributed by atoms with Crippen LogP contribution in [0, 0.1) is 17.8 Å². The molecular weight excluding hydrogens is 206 g/mol. The zero-order chi connectivity index (χ0) is 12.9. The molecule has 0 aromatic heterocycles. The first-order chi connectivity index (χ1) is 7.25. The lowest BCUT2D eigenvalue weighted by Gasteiger charge is -2.19. The summed E-state index contributed by atoms with van der Waals surface area (Å²) in [4.78, 5) is 0. The fraction of sp³-hybridized carbons (Fsp3) is 0.857. The van der Waals surface area contributed by atoms with E-state index < -0.39 is 6.17 Å². The minimum Gasteiger partial charge on any atom is -0.243 e. The molecule has 0 aliphatic heterocycles. The van der Waals surface area contributed by atoms with Gasteiger partial charge in [-0.3, -0.25) is 0 Å². The average molecular weight is 232 g/mol. The van der Waals surface area contributed by atoms with Crippen molar-refractivity contribution in [2.45, 2.75) is 60.6 Å². The molecule has 0 spiro atoms. The number of alkyl halides is 1. The second-order valence-electron chi connectivity index (χ2n) is 5.61. The third-order valence-corrected chi connectivity index (χ3v) is 3.20. The van der Waals surface area contributed by atoms with Crippen LogP contribution in [0.25, 0.3) is 0 Å². The fourth-order valence-electron chi connectivity index (χ4n) is 1.46. The molecule has 1 unspecified atom stereocenters. The maximum atomic E-state index is 13.8. The van der Waals surface area contributed by atoms with E-state index >= 15 is 0 Å². The maximum Gasteiger partial charge on any atom is 0.124 e. The quantitative estimate of drug-likeness (QED) is 0.583. The van der Waals surface area contributed by atoms with Crippen LogP contribution in [0.15, 0.2) is 11.4 Å². The molecule has 0 fully saturated rings. The van der Waals surface area contributed by atoms with Crippen LogP contribution in [-0.2, 0) is 0 Å². The van der Waals surface area contributed by atoms with E-state index in [9.17, 15) is 8.78 Å². The number of hydrogen-bond donors (Lipinski definition) is 0. The van der Waals surface area contributed by atoms with Crippen molar-refractivity contribution in [2.24, 2.45) is 17.8 Å². The van der Waals surface area contributed by atoms with Gasteiger partial charge in [-0.15, -0.1) is 0 Å². The SMILES string of the molecule is C/C(=C(\F)CC(C)C)[C@@H](F)CC(C)C(C)C. The molecule has 2 atom stereocenters. The molecule has 2 heteroatoms. The normalized spacial score (nSPS) is 17.6. The predicted octanol–water partition coefficient (Wildman–Crippen LogP) is 5.30. The van der Waals surface area contributed by atoms with E-state index in [4.69, 9.17) is 0 Å². The fourth-order valence-corrected chi connectivity index (χ4v) is 1.46. The largest absolute Gasteiger partial charge is 0.243 e. The van der Waals surface area contributed by atoms with Gasteiger partial charge in [-0.05, 0) is 36.7 Å². The topological polar surface area (TPSA) is 0 Å². The predicted molar refractivity (Wildman–Crippen MR) is 66.8 cm³/mol. The summed E-state index contributed by atoms with van der Waals surface area (Å²) >= 11 is 0. The smallest absolute Gasteiger partial charge is 0.124 e. The second-order valence-corrected chi connectivity index (χ2v) is 5.61. The van der Waals surface area contributed by atoms with Gasteiger partial charge in [0.05, 0.1) is 0 Å². The number of allylic oxidation sites excluding steroid dienone is 2.